The van der Waals surface area contributed by atoms with Crippen molar-refractivity contribution in [1.29, 1.82) is 0 Å². The average Bonchev–Trinajstić information content (AvgIpc) is 2.45. The minimum Gasteiger partial charge on any atom is -0.497 e. The molecule has 3 amide bonds. The van der Waals surface area contributed by atoms with Gasteiger partial charge in [-0.15, -0.1) is 0 Å². The van der Waals surface area contributed by atoms with Gasteiger partial charge >= 0.3 is 12.0 Å². The van der Waals surface area contributed by atoms with E-state index >= 15 is 0 Å². The van der Waals surface area contributed by atoms with E-state index in [9.17, 15) is 14.4 Å². The molecule has 0 radical (unpaired) electrons. The number of rotatable bonds is 6. The van der Waals surface area contributed by atoms with Crippen LogP contribution in [0.15, 0.2) is 22.7 Å². The molecule has 0 aliphatic carbocycles. The number of nitrogens with one attached hydrogen (secondary N) is 3. The fourth-order valence-corrected chi connectivity index (χ4v) is 1.64. The molecule has 0 aromatic heterocycles. The van der Waals surface area contributed by atoms with E-state index in [0.29, 0.717) is 15.9 Å². The first-order chi connectivity index (χ1) is 9.92. The molecular formula is C12H14BrN3O5. The van der Waals surface area contributed by atoms with Gasteiger partial charge in [-0.1, -0.05) is 0 Å². The van der Waals surface area contributed by atoms with E-state index in [1.165, 1.54) is 7.11 Å². The summed E-state index contributed by atoms with van der Waals surface area (Å²) >= 11 is 3.27. The molecule has 1 aromatic rings. The van der Waals surface area contributed by atoms with Crippen LogP contribution in [0.5, 0.6) is 5.75 Å². The van der Waals surface area contributed by atoms with Crippen molar-refractivity contribution in [2.24, 2.45) is 0 Å². The number of benzene rings is 1. The Morgan fingerprint density at radius 2 is 1.95 bits per heavy atom. The third kappa shape index (κ3) is 6.13. The lowest BCUT2D eigenvalue weighted by Gasteiger charge is -2.10. The molecule has 0 saturated heterocycles. The Kier molecular flexibility index (Phi) is 6.47. The van der Waals surface area contributed by atoms with E-state index in [0.717, 1.165) is 0 Å². The first-order valence-electron chi connectivity index (χ1n) is 5.79. The number of halogens is 1. The molecular weight excluding hydrogens is 346 g/mol. The van der Waals surface area contributed by atoms with Gasteiger partial charge in [0.1, 0.15) is 12.3 Å². The molecule has 21 heavy (non-hydrogen) atoms. The van der Waals surface area contributed by atoms with Crippen LogP contribution >= 0.6 is 15.9 Å². The van der Waals surface area contributed by atoms with Gasteiger partial charge in [0.15, 0.2) is 0 Å². The van der Waals surface area contributed by atoms with Crippen LogP contribution in [0.1, 0.15) is 0 Å². The highest BCUT2D eigenvalue weighted by Crippen LogP contribution is 2.26. The molecule has 4 N–H and O–H groups in total. The van der Waals surface area contributed by atoms with Crippen molar-refractivity contribution in [3.05, 3.63) is 22.7 Å². The fourth-order valence-electron chi connectivity index (χ4n) is 1.29. The number of anilines is 1. The Bertz CT molecular complexity index is 550. The predicted octanol–water partition coefficient (Wildman–Crippen LogP) is 0.780. The van der Waals surface area contributed by atoms with Crippen LogP contribution in [0.4, 0.5) is 10.5 Å². The Balaban J connectivity index is 2.47. The highest BCUT2D eigenvalue weighted by atomic mass is 79.9. The van der Waals surface area contributed by atoms with Crippen LogP contribution in [0.2, 0.25) is 0 Å². The lowest BCUT2D eigenvalue weighted by Crippen LogP contribution is -2.40. The Morgan fingerprint density at radius 1 is 1.24 bits per heavy atom. The summed E-state index contributed by atoms with van der Waals surface area (Å²) < 4.78 is 5.68. The molecule has 0 heterocycles. The molecule has 0 bridgehead atoms. The van der Waals surface area contributed by atoms with E-state index in [-0.39, 0.29) is 6.54 Å². The smallest absolute Gasteiger partial charge is 0.322 e. The molecule has 1 rings (SSSR count). The summed E-state index contributed by atoms with van der Waals surface area (Å²) in [5.41, 5.74) is 0.470. The van der Waals surface area contributed by atoms with Gasteiger partial charge in [-0.25, -0.2) is 4.79 Å². The molecule has 0 atom stereocenters. The van der Waals surface area contributed by atoms with Gasteiger partial charge in [0, 0.05) is 10.5 Å². The number of carboxylic acid groups (broad SMARTS) is 1. The van der Waals surface area contributed by atoms with Crippen LogP contribution in [0.25, 0.3) is 0 Å². The first kappa shape index (κ1) is 16.8. The third-order valence-corrected chi connectivity index (χ3v) is 2.96. The maximum Gasteiger partial charge on any atom is 0.322 e. The van der Waals surface area contributed by atoms with E-state index in [2.05, 4.69) is 31.9 Å². The lowest BCUT2D eigenvalue weighted by atomic mass is 10.3. The number of hydrogen-bond acceptors (Lipinski definition) is 4. The highest BCUT2D eigenvalue weighted by Gasteiger charge is 2.09. The lowest BCUT2D eigenvalue weighted by molar-refractivity contribution is -0.137. The zero-order valence-corrected chi connectivity index (χ0v) is 12.7. The molecule has 9 heteroatoms. The molecule has 0 fully saturated rings. The first-order valence-corrected chi connectivity index (χ1v) is 6.58. The zero-order valence-electron chi connectivity index (χ0n) is 11.1. The molecule has 0 unspecified atom stereocenters. The number of aliphatic carboxylic acids is 1. The maximum absolute atomic E-state index is 11.6. The minimum absolute atomic E-state index is 0.333. The van der Waals surface area contributed by atoms with E-state index in [1.54, 1.807) is 18.2 Å². The summed E-state index contributed by atoms with van der Waals surface area (Å²) in [6.45, 7) is -0.829. The Morgan fingerprint density at radius 3 is 2.57 bits per heavy atom. The van der Waals surface area contributed by atoms with E-state index in [4.69, 9.17) is 9.84 Å². The second kappa shape index (κ2) is 8.10. The zero-order chi connectivity index (χ0) is 15.8. The van der Waals surface area contributed by atoms with Crippen LogP contribution in [-0.4, -0.2) is 43.2 Å². The topological polar surface area (TPSA) is 117 Å². The van der Waals surface area contributed by atoms with Crippen molar-refractivity contribution in [2.45, 2.75) is 0 Å². The van der Waals surface area contributed by atoms with E-state index < -0.39 is 24.5 Å². The van der Waals surface area contributed by atoms with Crippen molar-refractivity contribution in [1.82, 2.24) is 10.6 Å². The number of carbonyl (C=O) groups excluding carboxylic acids is 2. The number of carbonyl (C=O) groups is 3. The van der Waals surface area contributed by atoms with E-state index in [1.807, 2.05) is 0 Å². The Hall–Kier alpha value is -2.29. The van der Waals surface area contributed by atoms with Gasteiger partial charge < -0.3 is 25.8 Å². The van der Waals surface area contributed by atoms with Crippen LogP contribution in [-0.2, 0) is 9.59 Å². The molecule has 0 saturated carbocycles. The van der Waals surface area contributed by atoms with Crippen molar-refractivity contribution in [2.75, 3.05) is 25.5 Å². The van der Waals surface area contributed by atoms with Crippen LogP contribution in [0, 0.1) is 0 Å². The normalized spacial score (nSPS) is 9.62. The third-order valence-electron chi connectivity index (χ3n) is 2.27. The van der Waals surface area contributed by atoms with Crippen molar-refractivity contribution in [3.8, 4) is 5.75 Å². The largest absolute Gasteiger partial charge is 0.497 e. The quantitative estimate of drug-likeness (QED) is 0.598. The minimum atomic E-state index is -1.16. The summed E-state index contributed by atoms with van der Waals surface area (Å²) in [6.07, 6.45) is 0. The average molecular weight is 360 g/mol. The molecule has 0 spiro atoms. The number of ether oxygens (including phenoxy) is 1. The Labute approximate surface area is 129 Å². The predicted molar refractivity (Wildman–Crippen MR) is 78.4 cm³/mol. The summed E-state index contributed by atoms with van der Waals surface area (Å²) in [4.78, 5) is 33.1. The maximum atomic E-state index is 11.6. The summed E-state index contributed by atoms with van der Waals surface area (Å²) in [5.74, 6) is -1.20. The molecule has 1 aromatic carbocycles. The van der Waals surface area contributed by atoms with Gasteiger partial charge in [-0.3, -0.25) is 9.59 Å². The number of methoxy groups -OCH3 is 1. The SMILES string of the molecule is COc1ccc(Br)c(NC(=O)NCC(=O)NCC(=O)O)c1. The fraction of sp³-hybridized carbons (Fsp3) is 0.250. The standard InChI is InChI=1S/C12H14BrN3O5/c1-21-7-2-3-8(13)9(4-7)16-12(20)15-5-10(17)14-6-11(18)19/h2-4H,5-6H2,1H3,(H,14,17)(H,18,19)(H2,15,16,20). The highest BCUT2D eigenvalue weighted by molar-refractivity contribution is 9.10. The summed E-state index contributed by atoms with van der Waals surface area (Å²) in [6, 6.07) is 4.42. The molecule has 0 aliphatic rings. The summed E-state index contributed by atoms with van der Waals surface area (Å²) in [5, 5.41) is 15.3. The molecule has 114 valence electrons. The van der Waals surface area contributed by atoms with Gasteiger partial charge in [-0.2, -0.15) is 0 Å². The van der Waals surface area contributed by atoms with Gasteiger partial charge in [0.2, 0.25) is 5.91 Å². The van der Waals surface area contributed by atoms with Crippen LogP contribution in [0.3, 0.4) is 0 Å². The number of hydrogen-bond donors (Lipinski definition) is 4. The molecule has 0 aliphatic heterocycles. The summed E-state index contributed by atoms with van der Waals surface area (Å²) in [7, 11) is 1.50. The van der Waals surface area contributed by atoms with Crippen molar-refractivity contribution in [3.63, 3.8) is 0 Å². The van der Waals surface area contributed by atoms with Gasteiger partial charge in [0.25, 0.3) is 0 Å². The van der Waals surface area contributed by atoms with Crippen molar-refractivity contribution >= 4 is 39.5 Å². The monoisotopic (exact) mass is 359 g/mol. The number of amides is 3. The second-order valence-corrected chi connectivity index (χ2v) is 4.68. The van der Waals surface area contributed by atoms with Crippen LogP contribution < -0.4 is 20.7 Å². The molecule has 8 nitrogen and oxygen atoms in total. The van der Waals surface area contributed by atoms with Gasteiger partial charge in [-0.05, 0) is 28.1 Å². The van der Waals surface area contributed by atoms with Gasteiger partial charge in [0.05, 0.1) is 19.3 Å². The van der Waals surface area contributed by atoms with Crippen molar-refractivity contribution < 1.29 is 24.2 Å². The number of carboxylic acids is 1. The second-order valence-electron chi connectivity index (χ2n) is 3.82. The number of urea groups is 1.